The highest BCUT2D eigenvalue weighted by molar-refractivity contribution is 7.18. The highest BCUT2D eigenvalue weighted by Gasteiger charge is 2.51. The van der Waals surface area contributed by atoms with E-state index in [-0.39, 0.29) is 5.01 Å². The topological polar surface area (TPSA) is 38.9 Å². The Morgan fingerprint density at radius 3 is 2.47 bits per heavy atom. The van der Waals surface area contributed by atoms with E-state index >= 15 is 0 Å². The van der Waals surface area contributed by atoms with Gasteiger partial charge in [0.1, 0.15) is 5.01 Å². The van der Waals surface area contributed by atoms with Gasteiger partial charge in [0.15, 0.2) is 5.54 Å². The lowest BCUT2D eigenvalue weighted by atomic mass is 10.1. The number of rotatable bonds is 1. The molecule has 1 unspecified atom stereocenters. The Bertz CT molecular complexity index is 557. The van der Waals surface area contributed by atoms with Gasteiger partial charge in [-0.25, -0.2) is 4.98 Å². The molecule has 0 spiro atoms. The van der Waals surface area contributed by atoms with Crippen molar-refractivity contribution in [3.05, 3.63) is 28.8 Å². The monoisotopic (exact) mass is 260 g/mol. The molecule has 2 aromatic rings. The summed E-state index contributed by atoms with van der Waals surface area (Å²) in [6.45, 7) is 2.76. The number of thiazole rings is 1. The third kappa shape index (κ3) is 1.91. The third-order valence-electron chi connectivity index (χ3n) is 2.65. The summed E-state index contributed by atoms with van der Waals surface area (Å²) in [6, 6.07) is 5.35. The van der Waals surface area contributed by atoms with Crippen LogP contribution in [0.4, 0.5) is 13.2 Å². The fraction of sp³-hybridized carbons (Fsp3) is 0.364. The number of aromatic nitrogens is 1. The third-order valence-corrected chi connectivity index (χ3v) is 3.91. The standard InChI is InChI=1S/C11H11F3N2S/c1-6-4-3-5-7-8(6)16-9(17-7)10(2,15)11(12,13)14/h3-5H,15H2,1-2H3. The van der Waals surface area contributed by atoms with Gasteiger partial charge in [-0.15, -0.1) is 11.3 Å². The minimum Gasteiger partial charge on any atom is -0.312 e. The second-order valence-electron chi connectivity index (χ2n) is 4.14. The molecule has 1 aromatic carbocycles. The van der Waals surface area contributed by atoms with Gasteiger partial charge in [-0.1, -0.05) is 12.1 Å². The minimum absolute atomic E-state index is 0.102. The quantitative estimate of drug-likeness (QED) is 0.854. The van der Waals surface area contributed by atoms with Crippen LogP contribution in [0, 0.1) is 6.92 Å². The zero-order chi connectivity index (χ0) is 12.8. The van der Waals surface area contributed by atoms with Crippen molar-refractivity contribution in [3.63, 3.8) is 0 Å². The van der Waals surface area contributed by atoms with E-state index in [0.29, 0.717) is 5.52 Å². The molecule has 1 heterocycles. The molecule has 2 N–H and O–H groups in total. The summed E-state index contributed by atoms with van der Waals surface area (Å²) in [5.74, 6) is 0. The van der Waals surface area contributed by atoms with Gasteiger partial charge < -0.3 is 5.73 Å². The first-order chi connectivity index (χ1) is 7.73. The second-order valence-corrected chi connectivity index (χ2v) is 5.17. The van der Waals surface area contributed by atoms with E-state index in [0.717, 1.165) is 28.5 Å². The van der Waals surface area contributed by atoms with Gasteiger partial charge >= 0.3 is 6.18 Å². The molecule has 0 saturated heterocycles. The summed E-state index contributed by atoms with van der Waals surface area (Å²) in [5.41, 5.74) is 4.39. The van der Waals surface area contributed by atoms with Crippen LogP contribution in [0.3, 0.4) is 0 Å². The molecule has 0 aliphatic carbocycles. The summed E-state index contributed by atoms with van der Waals surface area (Å²) in [4.78, 5) is 4.02. The van der Waals surface area contributed by atoms with E-state index < -0.39 is 11.7 Å². The number of alkyl halides is 3. The van der Waals surface area contributed by atoms with Gasteiger partial charge in [-0.05, 0) is 25.5 Å². The van der Waals surface area contributed by atoms with Crippen molar-refractivity contribution in [2.24, 2.45) is 5.73 Å². The van der Waals surface area contributed by atoms with Crippen LogP contribution in [0.1, 0.15) is 17.5 Å². The molecule has 1 aromatic heterocycles. The maximum absolute atomic E-state index is 12.8. The smallest absolute Gasteiger partial charge is 0.312 e. The minimum atomic E-state index is -4.51. The maximum Gasteiger partial charge on any atom is 0.412 e. The highest BCUT2D eigenvalue weighted by atomic mass is 32.1. The number of nitrogens with two attached hydrogens (primary N) is 1. The number of fused-ring (bicyclic) bond motifs is 1. The lowest BCUT2D eigenvalue weighted by Crippen LogP contribution is -2.47. The van der Waals surface area contributed by atoms with Crippen LogP contribution < -0.4 is 5.73 Å². The second kappa shape index (κ2) is 3.68. The molecule has 1 atom stereocenters. The Labute approximate surface area is 100 Å². The van der Waals surface area contributed by atoms with Gasteiger partial charge in [-0.2, -0.15) is 13.2 Å². The van der Waals surface area contributed by atoms with Crippen molar-refractivity contribution in [1.29, 1.82) is 0 Å². The summed E-state index contributed by atoms with van der Waals surface area (Å²) >= 11 is 0.989. The van der Waals surface area contributed by atoms with Crippen LogP contribution in [0.25, 0.3) is 10.2 Å². The number of benzene rings is 1. The molecule has 0 radical (unpaired) electrons. The Morgan fingerprint density at radius 2 is 1.94 bits per heavy atom. The first-order valence-electron chi connectivity index (χ1n) is 4.96. The van der Waals surface area contributed by atoms with Crippen LogP contribution in [0.15, 0.2) is 18.2 Å². The summed E-state index contributed by atoms with van der Waals surface area (Å²) < 4.78 is 39.1. The van der Waals surface area contributed by atoms with E-state index in [1.165, 1.54) is 0 Å². The molecule has 0 bridgehead atoms. The zero-order valence-electron chi connectivity index (χ0n) is 9.30. The fourth-order valence-electron chi connectivity index (χ4n) is 1.43. The van der Waals surface area contributed by atoms with E-state index in [1.54, 1.807) is 12.1 Å². The molecule has 2 nitrogen and oxygen atoms in total. The van der Waals surface area contributed by atoms with E-state index in [2.05, 4.69) is 4.98 Å². The van der Waals surface area contributed by atoms with Gasteiger partial charge in [0, 0.05) is 0 Å². The fourth-order valence-corrected chi connectivity index (χ4v) is 2.55. The molecule has 0 amide bonds. The zero-order valence-corrected chi connectivity index (χ0v) is 10.1. The SMILES string of the molecule is Cc1cccc2sc(C(C)(N)C(F)(F)F)nc12. The lowest BCUT2D eigenvalue weighted by molar-refractivity contribution is -0.184. The molecule has 17 heavy (non-hydrogen) atoms. The molecule has 0 aliphatic heterocycles. The van der Waals surface area contributed by atoms with Crippen LogP contribution in [0.2, 0.25) is 0 Å². The largest absolute Gasteiger partial charge is 0.412 e. The molecule has 0 aliphatic rings. The molecule has 2 rings (SSSR count). The molecule has 92 valence electrons. The number of halogens is 3. The number of aryl methyl sites for hydroxylation is 1. The summed E-state index contributed by atoms with van der Waals surface area (Å²) in [6.07, 6.45) is -4.51. The molecular weight excluding hydrogens is 249 g/mol. The summed E-state index contributed by atoms with van der Waals surface area (Å²) in [7, 11) is 0. The van der Waals surface area contributed by atoms with Gasteiger partial charge in [0.25, 0.3) is 0 Å². The Kier molecular flexibility index (Phi) is 2.67. The van der Waals surface area contributed by atoms with Crippen molar-refractivity contribution < 1.29 is 13.2 Å². The van der Waals surface area contributed by atoms with Gasteiger partial charge in [-0.3, -0.25) is 0 Å². The molecule has 6 heteroatoms. The van der Waals surface area contributed by atoms with Crippen molar-refractivity contribution in [1.82, 2.24) is 4.98 Å². The van der Waals surface area contributed by atoms with E-state index in [1.807, 2.05) is 13.0 Å². The van der Waals surface area contributed by atoms with E-state index in [9.17, 15) is 13.2 Å². The van der Waals surface area contributed by atoms with Crippen LogP contribution >= 0.6 is 11.3 Å². The summed E-state index contributed by atoms with van der Waals surface area (Å²) in [5, 5.41) is -0.102. The number of nitrogens with zero attached hydrogens (tertiary/aromatic N) is 1. The first kappa shape index (κ1) is 12.3. The van der Waals surface area contributed by atoms with Crippen molar-refractivity contribution >= 4 is 21.6 Å². The van der Waals surface area contributed by atoms with E-state index in [4.69, 9.17) is 5.73 Å². The molecule has 0 fully saturated rings. The molecule has 0 saturated carbocycles. The lowest BCUT2D eigenvalue weighted by Gasteiger charge is -2.24. The van der Waals surface area contributed by atoms with Crippen LogP contribution in [-0.4, -0.2) is 11.2 Å². The Hall–Kier alpha value is -1.14. The number of hydrogen-bond acceptors (Lipinski definition) is 3. The van der Waals surface area contributed by atoms with Crippen LogP contribution in [-0.2, 0) is 5.54 Å². The molecular formula is C11H11F3N2S. The highest BCUT2D eigenvalue weighted by Crippen LogP contribution is 2.39. The van der Waals surface area contributed by atoms with Crippen molar-refractivity contribution in [2.75, 3.05) is 0 Å². The van der Waals surface area contributed by atoms with Gasteiger partial charge in [0.2, 0.25) is 0 Å². The maximum atomic E-state index is 12.8. The average Bonchev–Trinajstić information content (AvgIpc) is 2.61. The first-order valence-corrected chi connectivity index (χ1v) is 5.77. The van der Waals surface area contributed by atoms with Crippen molar-refractivity contribution in [2.45, 2.75) is 25.6 Å². The Morgan fingerprint density at radius 1 is 1.29 bits per heavy atom. The Balaban J connectivity index is 2.62. The average molecular weight is 260 g/mol. The van der Waals surface area contributed by atoms with Gasteiger partial charge in [0.05, 0.1) is 10.2 Å². The predicted octanol–water partition coefficient (Wildman–Crippen LogP) is 3.34. The number of para-hydroxylation sites is 1. The predicted molar refractivity (Wildman–Crippen MR) is 62.0 cm³/mol. The van der Waals surface area contributed by atoms with Crippen molar-refractivity contribution in [3.8, 4) is 0 Å². The normalized spacial score (nSPS) is 16.1. The number of hydrogen-bond donors (Lipinski definition) is 1. The van der Waals surface area contributed by atoms with Crippen LogP contribution in [0.5, 0.6) is 0 Å².